The van der Waals surface area contributed by atoms with Crippen LogP contribution < -0.4 is 0 Å². The maximum Gasteiger partial charge on any atom is 0.227 e. The van der Waals surface area contributed by atoms with Gasteiger partial charge in [-0.3, -0.25) is 9.89 Å². The number of hydrogen-bond acceptors (Lipinski definition) is 4. The van der Waals surface area contributed by atoms with Crippen molar-refractivity contribution in [1.82, 2.24) is 15.1 Å². The summed E-state index contributed by atoms with van der Waals surface area (Å²) in [6, 6.07) is 8.79. The summed E-state index contributed by atoms with van der Waals surface area (Å²) in [5, 5.41) is 27.1. The third-order valence-electron chi connectivity index (χ3n) is 4.32. The van der Waals surface area contributed by atoms with Crippen LogP contribution >= 0.6 is 0 Å². The van der Waals surface area contributed by atoms with E-state index in [9.17, 15) is 15.0 Å². The smallest absolute Gasteiger partial charge is 0.227 e. The molecule has 3 N–H and O–H groups in total. The molecular formula is C17H21N3O3. The average molecular weight is 315 g/mol. The van der Waals surface area contributed by atoms with E-state index in [0.717, 1.165) is 11.4 Å². The number of aromatic amines is 1. The van der Waals surface area contributed by atoms with Crippen LogP contribution in [-0.2, 0) is 17.6 Å². The van der Waals surface area contributed by atoms with Gasteiger partial charge in [-0.2, -0.15) is 5.10 Å². The molecule has 6 heteroatoms. The van der Waals surface area contributed by atoms with Gasteiger partial charge in [-0.25, -0.2) is 0 Å². The van der Waals surface area contributed by atoms with E-state index in [-0.39, 0.29) is 24.0 Å². The second-order valence-corrected chi connectivity index (χ2v) is 6.18. The number of β-amino-alcohol motifs (C(OH)–C–C–N with tert-alkyl or cyclic N) is 1. The molecule has 6 nitrogen and oxygen atoms in total. The van der Waals surface area contributed by atoms with Crippen molar-refractivity contribution in [1.29, 1.82) is 0 Å². The molecular weight excluding hydrogens is 294 g/mol. The van der Waals surface area contributed by atoms with Gasteiger partial charge in [0.2, 0.25) is 5.91 Å². The number of aromatic hydroxyl groups is 1. The largest absolute Gasteiger partial charge is 0.508 e. The minimum Gasteiger partial charge on any atom is -0.508 e. The number of carbonyl (C=O) groups excluding carboxylic acids is 1. The molecule has 0 bridgehead atoms. The predicted molar refractivity (Wildman–Crippen MR) is 84.9 cm³/mol. The topological polar surface area (TPSA) is 89.5 Å². The highest BCUT2D eigenvalue weighted by molar-refractivity contribution is 5.79. The van der Waals surface area contributed by atoms with E-state index in [0.29, 0.717) is 25.1 Å². The quantitative estimate of drug-likeness (QED) is 0.786. The first kappa shape index (κ1) is 15.6. The van der Waals surface area contributed by atoms with Crippen LogP contribution in [-0.4, -0.2) is 50.4 Å². The van der Waals surface area contributed by atoms with Crippen molar-refractivity contribution in [2.45, 2.75) is 25.9 Å². The number of nitrogens with one attached hydrogen (secondary N) is 1. The standard InChI is InChI=1S/C17H21N3O3/c1-11-6-14(19-18-11)7-13-9-20(10-16(13)22)17(23)8-12-4-2-3-5-15(12)21/h2-6,13,16,21-22H,7-10H2,1H3,(H,18,19)/t13-,16-/m1/s1. The van der Waals surface area contributed by atoms with E-state index >= 15 is 0 Å². The highest BCUT2D eigenvalue weighted by atomic mass is 16.3. The van der Waals surface area contributed by atoms with Crippen molar-refractivity contribution >= 4 is 5.91 Å². The predicted octanol–water partition coefficient (Wildman–Crippen LogP) is 1.03. The van der Waals surface area contributed by atoms with Crippen LogP contribution in [0.2, 0.25) is 0 Å². The summed E-state index contributed by atoms with van der Waals surface area (Å²) in [6.45, 7) is 2.78. The van der Waals surface area contributed by atoms with Crippen molar-refractivity contribution in [3.8, 4) is 5.75 Å². The Labute approximate surface area is 134 Å². The number of carbonyl (C=O) groups is 1. The molecule has 0 aliphatic carbocycles. The molecule has 2 aromatic rings. The summed E-state index contributed by atoms with van der Waals surface area (Å²) < 4.78 is 0. The van der Waals surface area contributed by atoms with Crippen LogP contribution in [0.4, 0.5) is 0 Å². The molecule has 0 spiro atoms. The molecule has 1 fully saturated rings. The number of aromatic nitrogens is 2. The molecule has 1 aromatic heterocycles. The normalized spacial score (nSPS) is 20.9. The second kappa shape index (κ2) is 6.42. The monoisotopic (exact) mass is 315 g/mol. The van der Waals surface area contributed by atoms with Gasteiger partial charge in [0.15, 0.2) is 0 Å². The Morgan fingerprint density at radius 3 is 2.87 bits per heavy atom. The van der Waals surface area contributed by atoms with Crippen molar-refractivity contribution < 1.29 is 15.0 Å². The number of amides is 1. The number of aliphatic hydroxyl groups excluding tert-OH is 1. The Hall–Kier alpha value is -2.34. The van der Waals surface area contributed by atoms with E-state index < -0.39 is 6.10 Å². The van der Waals surface area contributed by atoms with E-state index in [1.807, 2.05) is 13.0 Å². The maximum absolute atomic E-state index is 12.4. The summed E-state index contributed by atoms with van der Waals surface area (Å²) in [7, 11) is 0. The summed E-state index contributed by atoms with van der Waals surface area (Å²) >= 11 is 0. The minimum absolute atomic E-state index is 0.00831. The lowest BCUT2D eigenvalue weighted by Crippen LogP contribution is -2.31. The molecule has 1 saturated heterocycles. The number of phenols is 1. The zero-order valence-corrected chi connectivity index (χ0v) is 13.1. The molecule has 0 radical (unpaired) electrons. The molecule has 0 saturated carbocycles. The fraction of sp³-hybridized carbons (Fsp3) is 0.412. The second-order valence-electron chi connectivity index (χ2n) is 6.18. The number of hydrogen-bond donors (Lipinski definition) is 3. The molecule has 23 heavy (non-hydrogen) atoms. The van der Waals surface area contributed by atoms with Gasteiger partial charge in [0.1, 0.15) is 5.75 Å². The zero-order chi connectivity index (χ0) is 16.4. The van der Waals surface area contributed by atoms with Gasteiger partial charge in [0.25, 0.3) is 0 Å². The summed E-state index contributed by atoms with van der Waals surface area (Å²) in [6.07, 6.45) is 0.250. The lowest BCUT2D eigenvalue weighted by Gasteiger charge is -2.16. The van der Waals surface area contributed by atoms with E-state index in [1.54, 1.807) is 29.2 Å². The number of rotatable bonds is 4. The third-order valence-corrected chi connectivity index (χ3v) is 4.32. The molecule has 1 aliphatic heterocycles. The van der Waals surface area contributed by atoms with Crippen LogP contribution in [0.3, 0.4) is 0 Å². The molecule has 1 aliphatic rings. The molecule has 1 amide bonds. The van der Waals surface area contributed by atoms with Crippen LogP contribution in [0.25, 0.3) is 0 Å². The van der Waals surface area contributed by atoms with Gasteiger partial charge >= 0.3 is 0 Å². The number of nitrogens with zero attached hydrogens (tertiary/aromatic N) is 2. The molecule has 1 aromatic carbocycles. The first-order chi connectivity index (χ1) is 11.0. The number of aliphatic hydroxyl groups is 1. The van der Waals surface area contributed by atoms with Gasteiger partial charge in [0.05, 0.1) is 18.2 Å². The first-order valence-corrected chi connectivity index (χ1v) is 7.76. The minimum atomic E-state index is -0.541. The Kier molecular flexibility index (Phi) is 4.34. The van der Waals surface area contributed by atoms with Gasteiger partial charge in [-0.05, 0) is 25.5 Å². The Morgan fingerprint density at radius 2 is 2.17 bits per heavy atom. The highest BCUT2D eigenvalue weighted by Crippen LogP contribution is 2.23. The SMILES string of the molecule is Cc1cc(C[C@@H]2CN(C(=O)Cc3ccccc3O)C[C@H]2O)n[nH]1. The lowest BCUT2D eigenvalue weighted by atomic mass is 10.0. The number of aryl methyl sites for hydroxylation is 1. The number of phenolic OH excluding ortho intramolecular Hbond substituents is 1. The average Bonchev–Trinajstić information content (AvgIpc) is 3.08. The Balaban J connectivity index is 1.61. The van der Waals surface area contributed by atoms with Gasteiger partial charge < -0.3 is 15.1 Å². The molecule has 2 heterocycles. The first-order valence-electron chi connectivity index (χ1n) is 7.76. The van der Waals surface area contributed by atoms with E-state index in [2.05, 4.69) is 10.2 Å². The van der Waals surface area contributed by atoms with Crippen molar-refractivity contribution in [2.24, 2.45) is 5.92 Å². The fourth-order valence-corrected chi connectivity index (χ4v) is 3.04. The molecule has 122 valence electrons. The fourth-order valence-electron chi connectivity index (χ4n) is 3.04. The van der Waals surface area contributed by atoms with Crippen molar-refractivity contribution in [3.63, 3.8) is 0 Å². The zero-order valence-electron chi connectivity index (χ0n) is 13.1. The third kappa shape index (κ3) is 3.53. The van der Waals surface area contributed by atoms with Crippen LogP contribution in [0.5, 0.6) is 5.75 Å². The van der Waals surface area contributed by atoms with E-state index in [1.165, 1.54) is 0 Å². The summed E-state index contributed by atoms with van der Waals surface area (Å²) in [5.41, 5.74) is 2.50. The summed E-state index contributed by atoms with van der Waals surface area (Å²) in [4.78, 5) is 14.1. The number of benzene rings is 1. The molecule has 2 atom stereocenters. The molecule has 3 rings (SSSR count). The lowest BCUT2D eigenvalue weighted by molar-refractivity contribution is -0.129. The number of likely N-dealkylation sites (tertiary alicyclic amines) is 1. The Morgan fingerprint density at radius 1 is 1.39 bits per heavy atom. The van der Waals surface area contributed by atoms with Gasteiger partial charge in [-0.1, -0.05) is 18.2 Å². The summed E-state index contributed by atoms with van der Waals surface area (Å²) in [5.74, 6) is 0.0430. The highest BCUT2D eigenvalue weighted by Gasteiger charge is 2.34. The van der Waals surface area contributed by atoms with E-state index in [4.69, 9.17) is 0 Å². The maximum atomic E-state index is 12.4. The number of H-pyrrole nitrogens is 1. The van der Waals surface area contributed by atoms with Crippen molar-refractivity contribution in [3.05, 3.63) is 47.3 Å². The molecule has 0 unspecified atom stereocenters. The van der Waals surface area contributed by atoms with Crippen LogP contribution in [0, 0.1) is 12.8 Å². The number of para-hydroxylation sites is 1. The van der Waals surface area contributed by atoms with Gasteiger partial charge in [0, 0.05) is 30.3 Å². The van der Waals surface area contributed by atoms with Crippen molar-refractivity contribution in [2.75, 3.05) is 13.1 Å². The van der Waals surface area contributed by atoms with Gasteiger partial charge in [-0.15, -0.1) is 0 Å². The Bertz CT molecular complexity index is 698. The van der Waals surface area contributed by atoms with Crippen LogP contribution in [0.15, 0.2) is 30.3 Å². The van der Waals surface area contributed by atoms with Crippen LogP contribution in [0.1, 0.15) is 17.0 Å².